The SMILES string of the molecule is Cc1noc([C@@H](C)N2CCN(C(=O)[C@@H]3CCS(=O)(=O)C3)CC2)n1. The van der Waals surface area contributed by atoms with Crippen LogP contribution in [0.4, 0.5) is 0 Å². The van der Waals surface area contributed by atoms with Crippen molar-refractivity contribution in [2.24, 2.45) is 5.92 Å². The Bertz CT molecular complexity index is 679. The summed E-state index contributed by atoms with van der Waals surface area (Å²) in [6.45, 7) is 6.43. The summed E-state index contributed by atoms with van der Waals surface area (Å²) >= 11 is 0. The zero-order chi connectivity index (χ0) is 16.6. The third-order valence-corrected chi connectivity index (χ3v) is 6.42. The molecule has 0 bridgehead atoms. The van der Waals surface area contributed by atoms with E-state index in [9.17, 15) is 13.2 Å². The summed E-state index contributed by atoms with van der Waals surface area (Å²) in [5.74, 6) is 0.961. The molecule has 128 valence electrons. The minimum atomic E-state index is -3.02. The number of sulfone groups is 1. The fraction of sp³-hybridized carbons (Fsp3) is 0.786. The minimum Gasteiger partial charge on any atom is -0.340 e. The van der Waals surface area contributed by atoms with Crippen molar-refractivity contribution in [2.75, 3.05) is 37.7 Å². The van der Waals surface area contributed by atoms with Crippen molar-refractivity contribution in [3.63, 3.8) is 0 Å². The lowest BCUT2D eigenvalue weighted by Gasteiger charge is -2.37. The quantitative estimate of drug-likeness (QED) is 0.764. The van der Waals surface area contributed by atoms with Crippen LogP contribution in [0.15, 0.2) is 4.52 Å². The first kappa shape index (κ1) is 16.4. The number of aromatic nitrogens is 2. The molecule has 2 atom stereocenters. The molecule has 3 rings (SSSR count). The summed E-state index contributed by atoms with van der Waals surface area (Å²) in [6.07, 6.45) is 0.457. The molecule has 1 amide bonds. The third kappa shape index (κ3) is 3.55. The lowest BCUT2D eigenvalue weighted by atomic mass is 10.1. The van der Waals surface area contributed by atoms with E-state index in [-0.39, 0.29) is 29.4 Å². The minimum absolute atomic E-state index is 0.00368. The van der Waals surface area contributed by atoms with E-state index >= 15 is 0 Å². The van der Waals surface area contributed by atoms with Crippen LogP contribution in [0.3, 0.4) is 0 Å². The van der Waals surface area contributed by atoms with Crippen molar-refractivity contribution in [3.05, 3.63) is 11.7 Å². The molecule has 9 heteroatoms. The number of nitrogens with zero attached hydrogens (tertiary/aromatic N) is 4. The van der Waals surface area contributed by atoms with Crippen molar-refractivity contribution >= 4 is 15.7 Å². The Hall–Kier alpha value is -1.48. The predicted octanol–water partition coefficient (Wildman–Crippen LogP) is 0.0179. The molecule has 0 saturated carbocycles. The van der Waals surface area contributed by atoms with Crippen LogP contribution in [-0.4, -0.2) is 72.0 Å². The fourth-order valence-corrected chi connectivity index (χ4v) is 4.95. The van der Waals surface area contributed by atoms with Gasteiger partial charge >= 0.3 is 0 Å². The first-order valence-electron chi connectivity index (χ1n) is 7.89. The van der Waals surface area contributed by atoms with Gasteiger partial charge in [-0.3, -0.25) is 9.69 Å². The van der Waals surface area contributed by atoms with Gasteiger partial charge in [-0.2, -0.15) is 4.98 Å². The summed E-state index contributed by atoms with van der Waals surface area (Å²) in [5.41, 5.74) is 0. The van der Waals surface area contributed by atoms with Crippen molar-refractivity contribution in [3.8, 4) is 0 Å². The summed E-state index contributed by atoms with van der Waals surface area (Å²) in [5, 5.41) is 3.81. The molecule has 0 aromatic carbocycles. The van der Waals surface area contributed by atoms with Crippen molar-refractivity contribution in [1.29, 1.82) is 0 Å². The van der Waals surface area contributed by atoms with E-state index in [2.05, 4.69) is 15.0 Å². The Morgan fingerprint density at radius 3 is 2.52 bits per heavy atom. The molecule has 0 N–H and O–H groups in total. The number of piperazine rings is 1. The van der Waals surface area contributed by atoms with Crippen LogP contribution < -0.4 is 0 Å². The van der Waals surface area contributed by atoms with Crippen LogP contribution >= 0.6 is 0 Å². The molecular formula is C14H22N4O4S. The number of aryl methyl sites for hydroxylation is 1. The number of carbonyl (C=O) groups is 1. The number of rotatable bonds is 3. The Labute approximate surface area is 135 Å². The van der Waals surface area contributed by atoms with Crippen LogP contribution in [0.5, 0.6) is 0 Å². The van der Waals surface area contributed by atoms with Gasteiger partial charge in [-0.15, -0.1) is 0 Å². The van der Waals surface area contributed by atoms with Gasteiger partial charge in [0.25, 0.3) is 0 Å². The lowest BCUT2D eigenvalue weighted by Crippen LogP contribution is -2.51. The zero-order valence-electron chi connectivity index (χ0n) is 13.4. The highest BCUT2D eigenvalue weighted by Gasteiger charge is 2.36. The molecule has 3 heterocycles. The second-order valence-electron chi connectivity index (χ2n) is 6.32. The largest absolute Gasteiger partial charge is 0.340 e. The topological polar surface area (TPSA) is 96.6 Å². The van der Waals surface area contributed by atoms with Crippen molar-refractivity contribution < 1.29 is 17.7 Å². The average molecular weight is 342 g/mol. The smallest absolute Gasteiger partial charge is 0.243 e. The van der Waals surface area contributed by atoms with Crippen molar-refractivity contribution in [1.82, 2.24) is 19.9 Å². The maximum Gasteiger partial charge on any atom is 0.243 e. The Morgan fingerprint density at radius 2 is 2.00 bits per heavy atom. The summed E-state index contributed by atoms with van der Waals surface area (Å²) < 4.78 is 28.3. The summed E-state index contributed by atoms with van der Waals surface area (Å²) in [7, 11) is -3.02. The molecule has 1 aromatic heterocycles. The van der Waals surface area contributed by atoms with Crippen LogP contribution in [0.25, 0.3) is 0 Å². The second-order valence-corrected chi connectivity index (χ2v) is 8.55. The zero-order valence-corrected chi connectivity index (χ0v) is 14.3. The van der Waals surface area contributed by atoms with E-state index in [4.69, 9.17) is 4.52 Å². The van der Waals surface area contributed by atoms with E-state index in [1.165, 1.54) is 0 Å². The maximum absolute atomic E-state index is 12.4. The van der Waals surface area contributed by atoms with E-state index in [0.717, 1.165) is 0 Å². The number of hydrogen-bond donors (Lipinski definition) is 0. The molecule has 2 aliphatic heterocycles. The third-order valence-electron chi connectivity index (χ3n) is 4.66. The monoisotopic (exact) mass is 342 g/mol. The van der Waals surface area contributed by atoms with Gasteiger partial charge in [0, 0.05) is 26.2 Å². The molecule has 2 fully saturated rings. The van der Waals surface area contributed by atoms with E-state index in [1.807, 2.05) is 6.92 Å². The molecular weight excluding hydrogens is 320 g/mol. The van der Waals surface area contributed by atoms with Gasteiger partial charge in [-0.25, -0.2) is 8.42 Å². The molecule has 8 nitrogen and oxygen atoms in total. The van der Waals surface area contributed by atoms with E-state index in [0.29, 0.717) is 44.3 Å². The fourth-order valence-electron chi connectivity index (χ4n) is 3.22. The van der Waals surface area contributed by atoms with Crippen molar-refractivity contribution in [2.45, 2.75) is 26.3 Å². The molecule has 0 radical (unpaired) electrons. The summed E-state index contributed by atoms with van der Waals surface area (Å²) in [4.78, 5) is 20.7. The van der Waals surface area contributed by atoms with Crippen LogP contribution in [0, 0.1) is 12.8 Å². The molecule has 23 heavy (non-hydrogen) atoms. The van der Waals surface area contributed by atoms with Crippen LogP contribution in [-0.2, 0) is 14.6 Å². The number of amides is 1. The highest BCUT2D eigenvalue weighted by atomic mass is 32.2. The number of carbonyl (C=O) groups excluding carboxylic acids is 1. The Balaban J connectivity index is 1.55. The average Bonchev–Trinajstić information content (AvgIpc) is 3.11. The van der Waals surface area contributed by atoms with Gasteiger partial charge < -0.3 is 9.42 Å². The van der Waals surface area contributed by atoms with Gasteiger partial charge in [0.15, 0.2) is 15.7 Å². The van der Waals surface area contributed by atoms with Gasteiger partial charge in [0.2, 0.25) is 11.8 Å². The lowest BCUT2D eigenvalue weighted by molar-refractivity contribution is -0.136. The Morgan fingerprint density at radius 1 is 1.30 bits per heavy atom. The first-order valence-corrected chi connectivity index (χ1v) is 9.71. The predicted molar refractivity (Wildman–Crippen MR) is 82.4 cm³/mol. The van der Waals surface area contributed by atoms with E-state index in [1.54, 1.807) is 11.8 Å². The van der Waals surface area contributed by atoms with Gasteiger partial charge in [-0.05, 0) is 20.3 Å². The standard InChI is InChI=1S/C14H22N4O4S/c1-10(13-15-11(2)16-22-13)17-4-6-18(7-5-17)14(19)12-3-8-23(20,21)9-12/h10,12H,3-9H2,1-2H3/t10-,12-/m1/s1. The van der Waals surface area contributed by atoms with Crippen LogP contribution in [0.1, 0.15) is 31.1 Å². The van der Waals surface area contributed by atoms with Gasteiger partial charge in [0.05, 0.1) is 23.5 Å². The highest BCUT2D eigenvalue weighted by molar-refractivity contribution is 7.91. The maximum atomic E-state index is 12.4. The normalized spacial score (nSPS) is 26.3. The van der Waals surface area contributed by atoms with Gasteiger partial charge in [0.1, 0.15) is 0 Å². The van der Waals surface area contributed by atoms with E-state index < -0.39 is 9.84 Å². The Kier molecular flexibility index (Phi) is 4.41. The van der Waals surface area contributed by atoms with Crippen LogP contribution in [0.2, 0.25) is 0 Å². The molecule has 0 unspecified atom stereocenters. The highest BCUT2D eigenvalue weighted by Crippen LogP contribution is 2.24. The van der Waals surface area contributed by atoms with Gasteiger partial charge in [-0.1, -0.05) is 5.16 Å². The molecule has 0 aliphatic carbocycles. The molecule has 2 aliphatic rings. The molecule has 1 aromatic rings. The number of hydrogen-bond acceptors (Lipinski definition) is 7. The summed E-state index contributed by atoms with van der Waals surface area (Å²) in [6, 6.07) is 0.0142. The second kappa shape index (κ2) is 6.20. The molecule has 0 spiro atoms. The molecule has 2 saturated heterocycles. The first-order chi connectivity index (χ1) is 10.9.